The molecule has 4 atom stereocenters. The zero-order chi connectivity index (χ0) is 15.3. The molecule has 2 N–H and O–H groups in total. The van der Waals surface area contributed by atoms with Crippen molar-refractivity contribution in [3.8, 4) is 0 Å². The summed E-state index contributed by atoms with van der Waals surface area (Å²) >= 11 is 0. The molecule has 3 fully saturated rings. The summed E-state index contributed by atoms with van der Waals surface area (Å²) in [5, 5.41) is 0. The molecule has 2 heterocycles. The minimum absolute atomic E-state index is 0.0772. The van der Waals surface area contributed by atoms with Crippen LogP contribution in [0.1, 0.15) is 40.5 Å². The summed E-state index contributed by atoms with van der Waals surface area (Å²) in [6, 6.07) is 0.647. The Bertz CT molecular complexity index is 386. The highest BCUT2D eigenvalue weighted by Gasteiger charge is 2.66. The fraction of sp³-hybridized carbons (Fsp3) is 1.00. The lowest BCUT2D eigenvalue weighted by atomic mass is 9.46. The van der Waals surface area contributed by atoms with E-state index in [0.717, 1.165) is 32.8 Å². The zero-order valence-electron chi connectivity index (χ0n) is 14.3. The lowest BCUT2D eigenvalue weighted by molar-refractivity contribution is -0.233. The van der Waals surface area contributed by atoms with Gasteiger partial charge in [-0.2, -0.15) is 0 Å². The first-order valence-electron chi connectivity index (χ1n) is 8.77. The van der Waals surface area contributed by atoms with Crippen LogP contribution in [0, 0.1) is 11.3 Å². The van der Waals surface area contributed by atoms with Gasteiger partial charge in [0.15, 0.2) is 0 Å². The SMILES string of the molecule is CCN1CCN(CC2(N)C3CCCOC3C2(C)C)CC1C. The number of hydrogen-bond acceptors (Lipinski definition) is 4. The third-order valence-electron chi connectivity index (χ3n) is 6.64. The Morgan fingerprint density at radius 3 is 2.71 bits per heavy atom. The minimum Gasteiger partial charge on any atom is -0.377 e. The van der Waals surface area contributed by atoms with E-state index in [2.05, 4.69) is 37.5 Å². The maximum atomic E-state index is 6.94. The lowest BCUT2D eigenvalue weighted by Crippen LogP contribution is -2.81. The fourth-order valence-electron chi connectivity index (χ4n) is 5.04. The summed E-state index contributed by atoms with van der Waals surface area (Å²) in [4.78, 5) is 5.17. The molecule has 4 unspecified atom stereocenters. The van der Waals surface area contributed by atoms with E-state index in [1.54, 1.807) is 0 Å². The number of rotatable bonds is 3. The lowest BCUT2D eigenvalue weighted by Gasteiger charge is -2.67. The molecule has 4 heteroatoms. The van der Waals surface area contributed by atoms with Crippen LogP contribution in [0.2, 0.25) is 0 Å². The van der Waals surface area contributed by atoms with Crippen LogP contribution in [0.4, 0.5) is 0 Å². The summed E-state index contributed by atoms with van der Waals surface area (Å²) in [5.74, 6) is 0.556. The van der Waals surface area contributed by atoms with E-state index >= 15 is 0 Å². The van der Waals surface area contributed by atoms with Crippen LogP contribution in [-0.4, -0.2) is 66.8 Å². The first-order chi connectivity index (χ1) is 9.90. The highest BCUT2D eigenvalue weighted by Crippen LogP contribution is 2.57. The van der Waals surface area contributed by atoms with Gasteiger partial charge in [-0.25, -0.2) is 0 Å². The Morgan fingerprint density at radius 1 is 1.29 bits per heavy atom. The van der Waals surface area contributed by atoms with E-state index in [1.807, 2.05) is 0 Å². The molecule has 3 rings (SSSR count). The number of likely N-dealkylation sites (N-methyl/N-ethyl adjacent to an activating group) is 1. The van der Waals surface area contributed by atoms with Gasteiger partial charge in [0.2, 0.25) is 0 Å². The van der Waals surface area contributed by atoms with Gasteiger partial charge in [0, 0.05) is 55.7 Å². The van der Waals surface area contributed by atoms with E-state index in [4.69, 9.17) is 10.5 Å². The Labute approximate surface area is 130 Å². The summed E-state index contributed by atoms with van der Waals surface area (Å²) in [5.41, 5.74) is 6.97. The van der Waals surface area contributed by atoms with E-state index in [0.29, 0.717) is 18.1 Å². The number of hydrogen-bond donors (Lipinski definition) is 1. The molecular weight excluding hydrogens is 262 g/mol. The summed E-state index contributed by atoms with van der Waals surface area (Å²) in [7, 11) is 0. The van der Waals surface area contributed by atoms with Crippen LogP contribution < -0.4 is 5.73 Å². The van der Waals surface area contributed by atoms with Gasteiger partial charge in [-0.05, 0) is 26.3 Å². The van der Waals surface area contributed by atoms with Crippen molar-refractivity contribution in [1.82, 2.24) is 9.80 Å². The fourth-order valence-corrected chi connectivity index (χ4v) is 5.04. The average molecular weight is 295 g/mol. The molecule has 3 aliphatic rings. The standard InChI is InChI=1S/C17H33N3O/c1-5-20-9-8-19(11-13(20)2)12-17(18)14-7-6-10-21-15(14)16(17,3)4/h13-15H,5-12,18H2,1-4H3. The monoisotopic (exact) mass is 295 g/mol. The molecule has 0 bridgehead atoms. The molecule has 0 aromatic rings. The highest BCUT2D eigenvalue weighted by molar-refractivity contribution is 5.21. The van der Waals surface area contributed by atoms with Gasteiger partial charge in [-0.3, -0.25) is 9.80 Å². The maximum absolute atomic E-state index is 6.94. The Kier molecular flexibility index (Phi) is 4.11. The van der Waals surface area contributed by atoms with Crippen molar-refractivity contribution >= 4 is 0 Å². The van der Waals surface area contributed by atoms with Crippen molar-refractivity contribution in [1.29, 1.82) is 0 Å². The van der Waals surface area contributed by atoms with Crippen molar-refractivity contribution in [2.24, 2.45) is 17.1 Å². The molecule has 2 aliphatic heterocycles. The van der Waals surface area contributed by atoms with Crippen LogP contribution in [0.3, 0.4) is 0 Å². The first-order valence-corrected chi connectivity index (χ1v) is 8.77. The van der Waals surface area contributed by atoms with Crippen molar-refractivity contribution in [3.05, 3.63) is 0 Å². The molecular formula is C17H33N3O. The summed E-state index contributed by atoms with van der Waals surface area (Å²) in [6.45, 7) is 15.8. The predicted molar refractivity (Wildman–Crippen MR) is 86.3 cm³/mol. The van der Waals surface area contributed by atoms with E-state index in [1.165, 1.54) is 19.4 Å². The third-order valence-corrected chi connectivity index (χ3v) is 6.64. The zero-order valence-corrected chi connectivity index (χ0v) is 14.3. The molecule has 122 valence electrons. The predicted octanol–water partition coefficient (Wildman–Crippen LogP) is 1.54. The number of nitrogens with two attached hydrogens (primary N) is 1. The highest BCUT2D eigenvalue weighted by atomic mass is 16.5. The van der Waals surface area contributed by atoms with Crippen molar-refractivity contribution in [2.45, 2.75) is 58.2 Å². The molecule has 21 heavy (non-hydrogen) atoms. The van der Waals surface area contributed by atoms with Crippen LogP contribution in [0.15, 0.2) is 0 Å². The smallest absolute Gasteiger partial charge is 0.0690 e. The second-order valence-electron chi connectivity index (χ2n) is 8.01. The van der Waals surface area contributed by atoms with Gasteiger partial charge in [0.1, 0.15) is 0 Å². The normalized spacial score (nSPS) is 44.1. The molecule has 0 radical (unpaired) electrons. The Hall–Kier alpha value is -0.160. The molecule has 1 aliphatic carbocycles. The van der Waals surface area contributed by atoms with Crippen LogP contribution in [0.5, 0.6) is 0 Å². The third kappa shape index (κ3) is 2.35. The van der Waals surface area contributed by atoms with Crippen LogP contribution in [0.25, 0.3) is 0 Å². The molecule has 2 saturated heterocycles. The quantitative estimate of drug-likeness (QED) is 0.858. The van der Waals surface area contributed by atoms with Crippen LogP contribution in [-0.2, 0) is 4.74 Å². The molecule has 4 nitrogen and oxygen atoms in total. The van der Waals surface area contributed by atoms with Crippen molar-refractivity contribution in [2.75, 3.05) is 39.3 Å². The second kappa shape index (κ2) is 5.48. The first kappa shape index (κ1) is 15.7. The average Bonchev–Trinajstić information content (AvgIpc) is 2.47. The van der Waals surface area contributed by atoms with Crippen molar-refractivity contribution in [3.63, 3.8) is 0 Å². The molecule has 0 aromatic heterocycles. The Balaban J connectivity index is 1.66. The number of piperazine rings is 1. The van der Waals surface area contributed by atoms with E-state index in [-0.39, 0.29) is 11.0 Å². The minimum atomic E-state index is -0.0772. The summed E-state index contributed by atoms with van der Waals surface area (Å²) in [6.07, 6.45) is 2.80. The van der Waals surface area contributed by atoms with Gasteiger partial charge in [-0.1, -0.05) is 20.8 Å². The number of ether oxygens (including phenoxy) is 1. The van der Waals surface area contributed by atoms with Gasteiger partial charge in [0.25, 0.3) is 0 Å². The number of nitrogens with zero attached hydrogens (tertiary/aromatic N) is 2. The number of fused-ring (bicyclic) bond motifs is 1. The van der Waals surface area contributed by atoms with Crippen LogP contribution >= 0.6 is 0 Å². The van der Waals surface area contributed by atoms with Gasteiger partial charge < -0.3 is 10.5 Å². The molecule has 0 spiro atoms. The second-order valence-corrected chi connectivity index (χ2v) is 8.01. The van der Waals surface area contributed by atoms with Gasteiger partial charge in [0.05, 0.1) is 6.10 Å². The van der Waals surface area contributed by atoms with Gasteiger partial charge >= 0.3 is 0 Å². The molecule has 0 aromatic carbocycles. The maximum Gasteiger partial charge on any atom is 0.0690 e. The summed E-state index contributed by atoms with van der Waals surface area (Å²) < 4.78 is 6.03. The Morgan fingerprint density at radius 2 is 2.05 bits per heavy atom. The topological polar surface area (TPSA) is 41.7 Å². The molecule has 0 amide bonds. The van der Waals surface area contributed by atoms with Gasteiger partial charge in [-0.15, -0.1) is 0 Å². The van der Waals surface area contributed by atoms with E-state index < -0.39 is 0 Å². The largest absolute Gasteiger partial charge is 0.377 e. The van der Waals surface area contributed by atoms with E-state index in [9.17, 15) is 0 Å². The molecule has 1 saturated carbocycles. The van der Waals surface area contributed by atoms with Crippen molar-refractivity contribution < 1.29 is 4.74 Å².